The van der Waals surface area contributed by atoms with Crippen LogP contribution in [0.4, 0.5) is 0 Å². The molecule has 0 N–H and O–H groups in total. The summed E-state index contributed by atoms with van der Waals surface area (Å²) in [5, 5.41) is 7.46. The van der Waals surface area contributed by atoms with Gasteiger partial charge in [0, 0.05) is 5.56 Å². The lowest BCUT2D eigenvalue weighted by atomic mass is 9.89. The highest BCUT2D eigenvalue weighted by atomic mass is 16.1. The number of carbonyl (C=O) groups excluding carboxylic acids is 1. The van der Waals surface area contributed by atoms with Gasteiger partial charge in [0.1, 0.15) is 0 Å². The van der Waals surface area contributed by atoms with Crippen molar-refractivity contribution in [3.05, 3.63) is 70.3 Å². The molecule has 0 unspecified atom stereocenters. The van der Waals surface area contributed by atoms with Crippen molar-refractivity contribution < 1.29 is 4.79 Å². The highest BCUT2D eigenvalue weighted by molar-refractivity contribution is 6.26. The zero-order valence-corrected chi connectivity index (χ0v) is 15.4. The Bertz CT molecular complexity index is 1200. The Hall–Kier alpha value is -2.67. The quantitative estimate of drug-likeness (QED) is 0.285. The van der Waals surface area contributed by atoms with Crippen molar-refractivity contribution in [1.82, 2.24) is 0 Å². The van der Waals surface area contributed by atoms with Crippen LogP contribution in [0.1, 0.15) is 39.5 Å². The predicted octanol–water partition coefficient (Wildman–Crippen LogP) is 6.58. The lowest BCUT2D eigenvalue weighted by Crippen LogP contribution is -1.94. The Labute approximate surface area is 148 Å². The standard InChI is InChI=1S/C24H22O/c1-13-8-20-19-7-6-18(17(5)25)12-24(19)23-11-16(4)15(3)10-22(23)21(20)9-14(13)2/h6-12H,1-5H3. The van der Waals surface area contributed by atoms with Crippen molar-refractivity contribution in [2.24, 2.45) is 0 Å². The van der Waals surface area contributed by atoms with Crippen molar-refractivity contribution in [3.8, 4) is 0 Å². The largest absolute Gasteiger partial charge is 0.295 e. The molecule has 0 aromatic heterocycles. The third-order valence-electron chi connectivity index (χ3n) is 5.56. The average Bonchev–Trinajstić information content (AvgIpc) is 2.58. The fourth-order valence-corrected chi connectivity index (χ4v) is 3.74. The van der Waals surface area contributed by atoms with Gasteiger partial charge in [-0.1, -0.05) is 36.4 Å². The van der Waals surface area contributed by atoms with Crippen LogP contribution in [0.25, 0.3) is 32.3 Å². The normalized spacial score (nSPS) is 11.6. The first-order chi connectivity index (χ1) is 11.9. The van der Waals surface area contributed by atoms with Gasteiger partial charge in [-0.25, -0.2) is 0 Å². The van der Waals surface area contributed by atoms with E-state index in [0.717, 1.165) is 5.56 Å². The van der Waals surface area contributed by atoms with Crippen molar-refractivity contribution in [3.63, 3.8) is 0 Å². The number of hydrogen-bond acceptors (Lipinski definition) is 1. The number of rotatable bonds is 1. The fourth-order valence-electron chi connectivity index (χ4n) is 3.74. The molecule has 124 valence electrons. The summed E-state index contributed by atoms with van der Waals surface area (Å²) < 4.78 is 0. The van der Waals surface area contributed by atoms with E-state index in [2.05, 4.69) is 64.1 Å². The summed E-state index contributed by atoms with van der Waals surface area (Å²) >= 11 is 0. The van der Waals surface area contributed by atoms with Gasteiger partial charge in [-0.15, -0.1) is 0 Å². The average molecular weight is 326 g/mol. The molecule has 25 heavy (non-hydrogen) atoms. The van der Waals surface area contributed by atoms with Gasteiger partial charge >= 0.3 is 0 Å². The molecule has 0 atom stereocenters. The Morgan fingerprint density at radius 3 is 1.32 bits per heavy atom. The molecule has 1 nitrogen and oxygen atoms in total. The van der Waals surface area contributed by atoms with Crippen LogP contribution in [-0.4, -0.2) is 5.78 Å². The minimum absolute atomic E-state index is 0.110. The van der Waals surface area contributed by atoms with Gasteiger partial charge in [-0.2, -0.15) is 0 Å². The van der Waals surface area contributed by atoms with E-state index in [1.54, 1.807) is 6.92 Å². The van der Waals surface area contributed by atoms with E-state index in [9.17, 15) is 4.79 Å². The predicted molar refractivity (Wildman–Crippen MR) is 108 cm³/mol. The van der Waals surface area contributed by atoms with Crippen LogP contribution in [0, 0.1) is 27.7 Å². The maximum atomic E-state index is 11.9. The summed E-state index contributed by atoms with van der Waals surface area (Å²) in [5.74, 6) is 0.110. The van der Waals surface area contributed by atoms with Gasteiger partial charge in [-0.3, -0.25) is 4.79 Å². The van der Waals surface area contributed by atoms with Gasteiger partial charge in [0.2, 0.25) is 0 Å². The van der Waals surface area contributed by atoms with Crippen molar-refractivity contribution in [2.45, 2.75) is 34.6 Å². The summed E-state index contributed by atoms with van der Waals surface area (Å²) in [6.07, 6.45) is 0. The number of hydrogen-bond donors (Lipinski definition) is 0. The van der Waals surface area contributed by atoms with Crippen LogP contribution >= 0.6 is 0 Å². The third kappa shape index (κ3) is 2.34. The van der Waals surface area contributed by atoms with Gasteiger partial charge < -0.3 is 0 Å². The molecule has 0 aliphatic carbocycles. The number of aryl methyl sites for hydroxylation is 4. The number of fused-ring (bicyclic) bond motifs is 6. The smallest absolute Gasteiger partial charge is 0.159 e. The first-order valence-corrected chi connectivity index (χ1v) is 8.75. The molecule has 0 amide bonds. The lowest BCUT2D eigenvalue weighted by Gasteiger charge is -2.15. The summed E-state index contributed by atoms with van der Waals surface area (Å²) in [4.78, 5) is 11.9. The number of ketones is 1. The molecule has 4 aromatic rings. The van der Waals surface area contributed by atoms with Crippen molar-refractivity contribution in [2.75, 3.05) is 0 Å². The van der Waals surface area contributed by atoms with Crippen LogP contribution in [-0.2, 0) is 0 Å². The van der Waals surface area contributed by atoms with E-state index >= 15 is 0 Å². The SMILES string of the molecule is CC(=O)c1ccc2c(c1)c1cc(C)c(C)cc1c1cc(C)c(C)cc21. The molecule has 0 saturated heterocycles. The molecule has 0 radical (unpaired) electrons. The molecule has 4 rings (SSSR count). The number of benzene rings is 4. The minimum Gasteiger partial charge on any atom is -0.295 e. The third-order valence-corrected chi connectivity index (χ3v) is 5.56. The van der Waals surface area contributed by atoms with Crippen LogP contribution < -0.4 is 0 Å². The monoisotopic (exact) mass is 326 g/mol. The van der Waals surface area contributed by atoms with E-state index in [1.807, 2.05) is 6.07 Å². The van der Waals surface area contributed by atoms with Crippen LogP contribution in [0.2, 0.25) is 0 Å². The topological polar surface area (TPSA) is 17.1 Å². The molecule has 0 aliphatic heterocycles. The molecule has 0 aliphatic rings. The van der Waals surface area contributed by atoms with E-state index in [0.29, 0.717) is 0 Å². The molecule has 0 spiro atoms. The second-order valence-corrected chi connectivity index (χ2v) is 7.28. The Kier molecular flexibility index (Phi) is 3.43. The Morgan fingerprint density at radius 2 is 0.920 bits per heavy atom. The van der Waals surface area contributed by atoms with Gasteiger partial charge in [-0.05, 0) is 95.3 Å². The number of carbonyl (C=O) groups is 1. The first kappa shape index (κ1) is 15.8. The van der Waals surface area contributed by atoms with Crippen LogP contribution in [0.3, 0.4) is 0 Å². The summed E-state index contributed by atoms with van der Waals surface area (Å²) in [7, 11) is 0. The highest BCUT2D eigenvalue weighted by Gasteiger charge is 2.12. The Morgan fingerprint density at radius 1 is 0.560 bits per heavy atom. The van der Waals surface area contributed by atoms with E-state index < -0.39 is 0 Å². The van der Waals surface area contributed by atoms with Crippen LogP contribution in [0.15, 0.2) is 42.5 Å². The Balaban J connectivity index is 2.34. The van der Waals surface area contributed by atoms with E-state index in [-0.39, 0.29) is 5.78 Å². The molecular formula is C24H22O. The van der Waals surface area contributed by atoms with Crippen LogP contribution in [0.5, 0.6) is 0 Å². The summed E-state index contributed by atoms with van der Waals surface area (Å²) in [6.45, 7) is 10.3. The summed E-state index contributed by atoms with van der Waals surface area (Å²) in [5.41, 5.74) is 5.97. The first-order valence-electron chi connectivity index (χ1n) is 8.75. The maximum Gasteiger partial charge on any atom is 0.159 e. The number of Topliss-reactive ketones (excluding diaryl/α,β-unsaturated/α-hetero) is 1. The van der Waals surface area contributed by atoms with Gasteiger partial charge in [0.15, 0.2) is 5.78 Å². The molecule has 0 fully saturated rings. The molecule has 0 saturated carbocycles. The van der Waals surface area contributed by atoms with E-state index in [1.165, 1.54) is 54.6 Å². The van der Waals surface area contributed by atoms with E-state index in [4.69, 9.17) is 0 Å². The van der Waals surface area contributed by atoms with Crippen molar-refractivity contribution in [1.29, 1.82) is 0 Å². The highest BCUT2D eigenvalue weighted by Crippen LogP contribution is 2.38. The second-order valence-electron chi connectivity index (χ2n) is 7.28. The minimum atomic E-state index is 0.110. The molecular weight excluding hydrogens is 304 g/mol. The van der Waals surface area contributed by atoms with Crippen molar-refractivity contribution >= 4 is 38.1 Å². The molecule has 1 heteroatoms. The van der Waals surface area contributed by atoms with Gasteiger partial charge in [0.05, 0.1) is 0 Å². The maximum absolute atomic E-state index is 11.9. The molecule has 0 bridgehead atoms. The molecule has 4 aromatic carbocycles. The van der Waals surface area contributed by atoms with Gasteiger partial charge in [0.25, 0.3) is 0 Å². The fraction of sp³-hybridized carbons (Fsp3) is 0.208. The second kappa shape index (κ2) is 5.42. The summed E-state index contributed by atoms with van der Waals surface area (Å²) in [6, 6.07) is 15.3. The lowest BCUT2D eigenvalue weighted by molar-refractivity contribution is 0.101. The molecule has 0 heterocycles. The zero-order chi connectivity index (χ0) is 17.9. The zero-order valence-electron chi connectivity index (χ0n) is 15.4.